The summed E-state index contributed by atoms with van der Waals surface area (Å²) < 4.78 is 0. The van der Waals surface area contributed by atoms with E-state index in [0.29, 0.717) is 12.8 Å². The molecule has 1 unspecified atom stereocenters. The molecule has 1 atom stereocenters. The maximum Gasteiger partial charge on any atom is 0.315 e. The highest BCUT2D eigenvalue weighted by Gasteiger charge is 2.50. The Balaban J connectivity index is 1.88. The van der Waals surface area contributed by atoms with Crippen LogP contribution >= 0.6 is 11.3 Å². The van der Waals surface area contributed by atoms with E-state index in [1.54, 1.807) is 11.3 Å². The minimum Gasteiger partial charge on any atom is -0.481 e. The third-order valence-electron chi connectivity index (χ3n) is 3.70. The van der Waals surface area contributed by atoms with E-state index in [4.69, 9.17) is 5.11 Å². The molecule has 0 radical (unpaired) electrons. The summed E-state index contributed by atoms with van der Waals surface area (Å²) in [6.07, 6.45) is 1.28. The zero-order chi connectivity index (χ0) is 14.8. The van der Waals surface area contributed by atoms with Gasteiger partial charge in [-0.3, -0.25) is 4.79 Å². The van der Waals surface area contributed by atoms with Gasteiger partial charge in [-0.2, -0.15) is 0 Å². The zero-order valence-corrected chi connectivity index (χ0v) is 12.5. The summed E-state index contributed by atoms with van der Waals surface area (Å²) in [5.41, 5.74) is -0.729. The molecule has 5 nitrogen and oxygen atoms in total. The van der Waals surface area contributed by atoms with Crippen LogP contribution in [0, 0.1) is 11.3 Å². The van der Waals surface area contributed by atoms with Gasteiger partial charge >= 0.3 is 12.0 Å². The van der Waals surface area contributed by atoms with Gasteiger partial charge in [0.1, 0.15) is 0 Å². The van der Waals surface area contributed by atoms with Crippen molar-refractivity contribution in [1.82, 2.24) is 10.6 Å². The van der Waals surface area contributed by atoms with Crippen LogP contribution in [0.3, 0.4) is 0 Å². The Morgan fingerprint density at radius 1 is 1.45 bits per heavy atom. The van der Waals surface area contributed by atoms with Gasteiger partial charge in [-0.05, 0) is 30.2 Å². The minimum atomic E-state index is -0.823. The van der Waals surface area contributed by atoms with Gasteiger partial charge in [-0.25, -0.2) is 4.79 Å². The van der Waals surface area contributed by atoms with Crippen LogP contribution in [-0.2, 0) is 4.79 Å². The Bertz CT molecular complexity index is 481. The van der Waals surface area contributed by atoms with Gasteiger partial charge in [-0.15, -0.1) is 11.3 Å². The van der Waals surface area contributed by atoms with Crippen LogP contribution in [0.4, 0.5) is 4.79 Å². The quantitative estimate of drug-likeness (QED) is 0.755. The highest BCUT2D eigenvalue weighted by atomic mass is 32.1. The Labute approximate surface area is 122 Å². The minimum absolute atomic E-state index is 0.0463. The predicted molar refractivity (Wildman–Crippen MR) is 77.7 cm³/mol. The Hall–Kier alpha value is -1.56. The normalized spacial score (nSPS) is 17.6. The maximum absolute atomic E-state index is 11.9. The molecule has 0 saturated heterocycles. The predicted octanol–water partition coefficient (Wildman–Crippen LogP) is 2.61. The van der Waals surface area contributed by atoms with Crippen molar-refractivity contribution in [3.05, 3.63) is 22.4 Å². The molecule has 2 amide bonds. The van der Waals surface area contributed by atoms with Crippen molar-refractivity contribution in [2.75, 3.05) is 6.54 Å². The molecule has 110 valence electrons. The van der Waals surface area contributed by atoms with Crippen molar-refractivity contribution in [2.45, 2.75) is 32.7 Å². The number of carboxylic acids is 1. The third-order valence-corrected chi connectivity index (χ3v) is 4.65. The number of aliphatic carboxylic acids is 1. The van der Waals surface area contributed by atoms with Gasteiger partial charge in [0.05, 0.1) is 11.5 Å². The molecule has 1 saturated carbocycles. The Kier molecular flexibility index (Phi) is 4.32. The molecular weight excluding hydrogens is 276 g/mol. The number of carbonyl (C=O) groups excluding carboxylic acids is 1. The van der Waals surface area contributed by atoms with E-state index in [1.165, 1.54) is 0 Å². The molecule has 1 aromatic heterocycles. The van der Waals surface area contributed by atoms with Crippen LogP contribution in [0.1, 0.15) is 37.6 Å². The second-order valence-corrected chi connectivity index (χ2v) is 6.63. The fraction of sp³-hybridized carbons (Fsp3) is 0.571. The summed E-state index contributed by atoms with van der Waals surface area (Å²) in [7, 11) is 0. The largest absolute Gasteiger partial charge is 0.481 e. The van der Waals surface area contributed by atoms with E-state index < -0.39 is 11.4 Å². The topological polar surface area (TPSA) is 78.4 Å². The average molecular weight is 296 g/mol. The molecule has 0 aliphatic heterocycles. The van der Waals surface area contributed by atoms with Gasteiger partial charge in [0, 0.05) is 11.4 Å². The molecule has 0 spiro atoms. The molecule has 3 N–H and O–H groups in total. The summed E-state index contributed by atoms with van der Waals surface area (Å²) in [5, 5.41) is 16.7. The first-order valence-electron chi connectivity index (χ1n) is 6.76. The number of carbonyl (C=O) groups is 2. The number of hydrogen-bond donors (Lipinski definition) is 3. The molecule has 1 aliphatic rings. The molecule has 1 aromatic rings. The van der Waals surface area contributed by atoms with E-state index in [0.717, 1.165) is 4.88 Å². The first-order valence-corrected chi connectivity index (χ1v) is 7.64. The van der Waals surface area contributed by atoms with E-state index in [9.17, 15) is 9.59 Å². The van der Waals surface area contributed by atoms with Gasteiger partial charge in [0.15, 0.2) is 0 Å². The number of nitrogens with one attached hydrogen (secondary N) is 2. The molecule has 0 bridgehead atoms. The van der Waals surface area contributed by atoms with Crippen LogP contribution < -0.4 is 10.6 Å². The summed E-state index contributed by atoms with van der Waals surface area (Å²) in [4.78, 5) is 24.1. The molecule has 1 aliphatic carbocycles. The SMILES string of the molecule is CC(C)C(NC(=O)NCC1(C(=O)O)CC1)c1cccs1. The first kappa shape index (κ1) is 14.8. The second-order valence-electron chi connectivity index (χ2n) is 5.65. The summed E-state index contributed by atoms with van der Waals surface area (Å²) in [5.74, 6) is -0.551. The van der Waals surface area contributed by atoms with Crippen molar-refractivity contribution in [3.63, 3.8) is 0 Å². The molecule has 2 rings (SSSR count). The van der Waals surface area contributed by atoms with Gasteiger partial charge < -0.3 is 15.7 Å². The standard InChI is InChI=1S/C14H20N2O3S/c1-9(2)11(10-4-3-7-20-10)16-13(19)15-8-14(5-6-14)12(17)18/h3-4,7,9,11H,5-6,8H2,1-2H3,(H,17,18)(H2,15,16,19). The van der Waals surface area contributed by atoms with Crippen LogP contribution in [0.2, 0.25) is 0 Å². The van der Waals surface area contributed by atoms with E-state index in [1.807, 2.05) is 31.4 Å². The molecular formula is C14H20N2O3S. The smallest absolute Gasteiger partial charge is 0.315 e. The lowest BCUT2D eigenvalue weighted by Gasteiger charge is -2.22. The third kappa shape index (κ3) is 3.30. The van der Waals surface area contributed by atoms with Crippen LogP contribution in [0.15, 0.2) is 17.5 Å². The fourth-order valence-electron chi connectivity index (χ4n) is 2.09. The van der Waals surface area contributed by atoms with Crippen LogP contribution in [-0.4, -0.2) is 23.7 Å². The summed E-state index contributed by atoms with van der Waals surface area (Å²) >= 11 is 1.61. The number of carboxylic acid groups (broad SMARTS) is 1. The van der Waals surface area contributed by atoms with Crippen LogP contribution in [0.25, 0.3) is 0 Å². The number of urea groups is 1. The van der Waals surface area contributed by atoms with Crippen molar-refractivity contribution in [3.8, 4) is 0 Å². The molecule has 20 heavy (non-hydrogen) atoms. The van der Waals surface area contributed by atoms with E-state index >= 15 is 0 Å². The van der Waals surface area contributed by atoms with Crippen molar-refractivity contribution < 1.29 is 14.7 Å². The zero-order valence-electron chi connectivity index (χ0n) is 11.7. The fourth-order valence-corrected chi connectivity index (χ4v) is 3.04. The summed E-state index contributed by atoms with van der Waals surface area (Å²) in [6, 6.07) is 3.60. The molecule has 0 aromatic carbocycles. The lowest BCUT2D eigenvalue weighted by Crippen LogP contribution is -2.43. The van der Waals surface area contributed by atoms with Gasteiger partial charge in [0.2, 0.25) is 0 Å². The van der Waals surface area contributed by atoms with Gasteiger partial charge in [-0.1, -0.05) is 19.9 Å². The van der Waals surface area contributed by atoms with Crippen molar-refractivity contribution in [1.29, 1.82) is 0 Å². The first-order chi connectivity index (χ1) is 9.44. The second kappa shape index (κ2) is 5.83. The lowest BCUT2D eigenvalue weighted by atomic mass is 10.0. The summed E-state index contributed by atoms with van der Waals surface area (Å²) in [6.45, 7) is 4.29. The van der Waals surface area contributed by atoms with E-state index in [-0.39, 0.29) is 24.5 Å². The van der Waals surface area contributed by atoms with Crippen LogP contribution in [0.5, 0.6) is 0 Å². The Morgan fingerprint density at radius 3 is 2.60 bits per heavy atom. The number of rotatable bonds is 6. The Morgan fingerprint density at radius 2 is 2.15 bits per heavy atom. The van der Waals surface area contributed by atoms with E-state index in [2.05, 4.69) is 10.6 Å². The van der Waals surface area contributed by atoms with Crippen molar-refractivity contribution in [2.24, 2.45) is 11.3 Å². The maximum atomic E-state index is 11.9. The highest BCUT2D eigenvalue weighted by Crippen LogP contribution is 2.45. The molecule has 6 heteroatoms. The average Bonchev–Trinajstić information content (AvgIpc) is 3.00. The van der Waals surface area contributed by atoms with Crippen molar-refractivity contribution >= 4 is 23.3 Å². The number of amides is 2. The lowest BCUT2D eigenvalue weighted by molar-refractivity contribution is -0.143. The number of thiophene rings is 1. The molecule has 1 heterocycles. The monoisotopic (exact) mass is 296 g/mol. The number of hydrogen-bond acceptors (Lipinski definition) is 3. The molecule has 1 fully saturated rings. The van der Waals surface area contributed by atoms with Gasteiger partial charge in [0.25, 0.3) is 0 Å². The highest BCUT2D eigenvalue weighted by molar-refractivity contribution is 7.10.